The highest BCUT2D eigenvalue weighted by molar-refractivity contribution is 5.96. The molecule has 124 valence electrons. The number of amides is 1. The van der Waals surface area contributed by atoms with Gasteiger partial charge in [0.1, 0.15) is 17.1 Å². The van der Waals surface area contributed by atoms with Crippen LogP contribution in [0.2, 0.25) is 0 Å². The molecule has 1 heterocycles. The molecule has 4 N–H and O–H groups in total. The van der Waals surface area contributed by atoms with Crippen LogP contribution in [0, 0.1) is 10.1 Å². The molecule has 1 amide bonds. The Morgan fingerprint density at radius 2 is 1.92 bits per heavy atom. The van der Waals surface area contributed by atoms with Crippen molar-refractivity contribution < 1.29 is 19.6 Å². The van der Waals surface area contributed by atoms with E-state index in [1.165, 1.54) is 30.3 Å². The number of carboxylic acids is 1. The first kappa shape index (κ1) is 16.9. The van der Waals surface area contributed by atoms with Crippen molar-refractivity contribution in [3.05, 3.63) is 51.8 Å². The number of carbonyl (C=O) groups excluding carboxylic acids is 1. The minimum absolute atomic E-state index is 0.0137. The van der Waals surface area contributed by atoms with Gasteiger partial charge in [0.05, 0.1) is 4.92 Å². The molecule has 1 aromatic carbocycles. The predicted molar refractivity (Wildman–Crippen MR) is 85.7 cm³/mol. The molecule has 0 saturated carbocycles. The summed E-state index contributed by atoms with van der Waals surface area (Å²) >= 11 is 0. The Hall–Kier alpha value is -3.49. The summed E-state index contributed by atoms with van der Waals surface area (Å²) in [5, 5.41) is 22.7. The Morgan fingerprint density at radius 1 is 1.25 bits per heavy atom. The normalized spacial score (nSPS) is 10.2. The van der Waals surface area contributed by atoms with E-state index in [1.807, 2.05) is 0 Å². The van der Waals surface area contributed by atoms with Gasteiger partial charge in [0.2, 0.25) is 0 Å². The van der Waals surface area contributed by atoms with E-state index < -0.39 is 16.8 Å². The van der Waals surface area contributed by atoms with Crippen molar-refractivity contribution in [1.82, 2.24) is 10.3 Å². The van der Waals surface area contributed by atoms with Gasteiger partial charge in [-0.25, -0.2) is 9.78 Å². The van der Waals surface area contributed by atoms with Crippen molar-refractivity contribution >= 4 is 23.3 Å². The number of hydrogen-bond donors (Lipinski definition) is 3. The molecule has 9 nitrogen and oxygen atoms in total. The monoisotopic (exact) mass is 330 g/mol. The average molecular weight is 330 g/mol. The van der Waals surface area contributed by atoms with Crippen LogP contribution < -0.4 is 11.1 Å². The molecule has 2 aromatic rings. The number of anilines is 1. The highest BCUT2D eigenvalue weighted by atomic mass is 16.6. The second-order valence-corrected chi connectivity index (χ2v) is 4.82. The summed E-state index contributed by atoms with van der Waals surface area (Å²) in [7, 11) is 0. The lowest BCUT2D eigenvalue weighted by Crippen LogP contribution is -2.24. The number of hydrogen-bond acceptors (Lipinski definition) is 6. The molecule has 0 bridgehead atoms. The van der Waals surface area contributed by atoms with Crippen molar-refractivity contribution in [2.24, 2.45) is 0 Å². The summed E-state index contributed by atoms with van der Waals surface area (Å²) in [6, 6.07) is 6.68. The fourth-order valence-electron chi connectivity index (χ4n) is 2.06. The molecule has 0 radical (unpaired) electrons. The fourth-order valence-corrected chi connectivity index (χ4v) is 2.06. The van der Waals surface area contributed by atoms with Crippen LogP contribution in [0.1, 0.15) is 27.9 Å². The van der Waals surface area contributed by atoms with Crippen LogP contribution in [-0.2, 0) is 0 Å². The number of nitrogen functional groups attached to an aromatic ring is 1. The van der Waals surface area contributed by atoms with Gasteiger partial charge < -0.3 is 16.2 Å². The number of nitrogens with one attached hydrogen (secondary N) is 1. The second-order valence-electron chi connectivity index (χ2n) is 4.82. The summed E-state index contributed by atoms with van der Waals surface area (Å²) < 4.78 is 0. The predicted octanol–water partition coefficient (Wildman–Crippen LogP) is 1.69. The molecule has 1 aromatic heterocycles. The molecular weight excluding hydrogens is 316 g/mol. The van der Waals surface area contributed by atoms with Gasteiger partial charge in [-0.2, -0.15) is 0 Å². The molecule has 2 rings (SSSR count). The van der Waals surface area contributed by atoms with Crippen LogP contribution in [0.3, 0.4) is 0 Å². The maximum Gasteiger partial charge on any atom is 0.354 e. The third-order valence-corrected chi connectivity index (χ3v) is 3.17. The van der Waals surface area contributed by atoms with Crippen LogP contribution in [-0.4, -0.2) is 33.4 Å². The van der Waals surface area contributed by atoms with E-state index >= 15 is 0 Å². The van der Waals surface area contributed by atoms with Crippen LogP contribution in [0.4, 0.5) is 11.4 Å². The minimum Gasteiger partial charge on any atom is -0.477 e. The van der Waals surface area contributed by atoms with Gasteiger partial charge in [-0.3, -0.25) is 14.9 Å². The van der Waals surface area contributed by atoms with Crippen molar-refractivity contribution in [3.63, 3.8) is 0 Å². The summed E-state index contributed by atoms with van der Waals surface area (Å²) in [5.41, 5.74) is 5.47. The largest absolute Gasteiger partial charge is 0.477 e. The quantitative estimate of drug-likeness (QED) is 0.429. The number of nitro benzene ring substituents is 1. The summed E-state index contributed by atoms with van der Waals surface area (Å²) in [4.78, 5) is 37.3. The molecule has 9 heteroatoms. The standard InChI is InChI=1S/C15H14N4O5/c1-2-17-14(20)11-5-9(6-12(18-11)15(21)22)8-3-4-10(16)13(7-8)19(23)24/h3-7H,2,16H2,1H3,(H,17,20)(H,21,22). The topological polar surface area (TPSA) is 148 Å². The van der Waals surface area contributed by atoms with E-state index in [0.717, 1.165) is 0 Å². The van der Waals surface area contributed by atoms with Crippen LogP contribution in [0.25, 0.3) is 11.1 Å². The van der Waals surface area contributed by atoms with Gasteiger partial charge in [-0.05, 0) is 36.2 Å². The lowest BCUT2D eigenvalue weighted by Gasteiger charge is -2.08. The van der Waals surface area contributed by atoms with Gasteiger partial charge in [0.15, 0.2) is 0 Å². The minimum atomic E-state index is -1.31. The number of aromatic carboxylic acids is 1. The lowest BCUT2D eigenvalue weighted by atomic mass is 10.0. The average Bonchev–Trinajstić information content (AvgIpc) is 2.54. The molecule has 0 aliphatic heterocycles. The third kappa shape index (κ3) is 3.46. The van der Waals surface area contributed by atoms with Gasteiger partial charge in [0.25, 0.3) is 11.6 Å². The highest BCUT2D eigenvalue weighted by Crippen LogP contribution is 2.29. The number of pyridine rings is 1. The third-order valence-electron chi connectivity index (χ3n) is 3.17. The Morgan fingerprint density at radius 3 is 2.50 bits per heavy atom. The molecule has 0 atom stereocenters. The number of carbonyl (C=O) groups is 2. The van der Waals surface area contributed by atoms with Crippen molar-refractivity contribution in [2.75, 3.05) is 12.3 Å². The van der Waals surface area contributed by atoms with Crippen molar-refractivity contribution in [3.8, 4) is 11.1 Å². The Bertz CT molecular complexity index is 835. The number of carboxylic acid groups (broad SMARTS) is 1. The Balaban J connectivity index is 2.61. The van der Waals surface area contributed by atoms with E-state index in [-0.39, 0.29) is 22.8 Å². The fraction of sp³-hybridized carbons (Fsp3) is 0.133. The first-order valence-corrected chi connectivity index (χ1v) is 6.91. The number of nitrogens with zero attached hydrogens (tertiary/aromatic N) is 2. The maximum atomic E-state index is 11.9. The van der Waals surface area contributed by atoms with Gasteiger partial charge in [-0.15, -0.1) is 0 Å². The second kappa shape index (κ2) is 6.73. The van der Waals surface area contributed by atoms with E-state index in [9.17, 15) is 19.7 Å². The summed E-state index contributed by atoms with van der Waals surface area (Å²) in [6.45, 7) is 2.06. The zero-order valence-electron chi connectivity index (χ0n) is 12.6. The smallest absolute Gasteiger partial charge is 0.354 e. The Labute approximate surface area is 136 Å². The number of aromatic nitrogens is 1. The van der Waals surface area contributed by atoms with Gasteiger partial charge in [0, 0.05) is 12.6 Å². The molecule has 0 saturated heterocycles. The number of rotatable bonds is 5. The van der Waals surface area contributed by atoms with Crippen molar-refractivity contribution in [2.45, 2.75) is 6.92 Å². The zero-order valence-corrected chi connectivity index (χ0v) is 12.6. The highest BCUT2D eigenvalue weighted by Gasteiger charge is 2.17. The van der Waals surface area contributed by atoms with Crippen LogP contribution in [0.5, 0.6) is 0 Å². The number of nitro groups is 1. The molecule has 0 fully saturated rings. The molecule has 0 aliphatic carbocycles. The van der Waals surface area contributed by atoms with E-state index in [0.29, 0.717) is 17.7 Å². The SMILES string of the molecule is CCNC(=O)c1cc(-c2ccc(N)c([N+](=O)[O-])c2)cc(C(=O)O)n1. The summed E-state index contributed by atoms with van der Waals surface area (Å²) in [6.07, 6.45) is 0. The first-order valence-electron chi connectivity index (χ1n) is 6.91. The number of benzene rings is 1. The molecule has 0 aliphatic rings. The summed E-state index contributed by atoms with van der Waals surface area (Å²) in [5.74, 6) is -1.85. The van der Waals surface area contributed by atoms with Crippen LogP contribution >= 0.6 is 0 Å². The van der Waals surface area contributed by atoms with Gasteiger partial charge >= 0.3 is 5.97 Å². The molecule has 0 unspecified atom stereocenters. The maximum absolute atomic E-state index is 11.9. The molecule has 24 heavy (non-hydrogen) atoms. The van der Waals surface area contributed by atoms with Crippen molar-refractivity contribution in [1.29, 1.82) is 0 Å². The lowest BCUT2D eigenvalue weighted by molar-refractivity contribution is -0.383. The first-order chi connectivity index (χ1) is 11.3. The van der Waals surface area contributed by atoms with E-state index in [2.05, 4.69) is 10.3 Å². The number of nitrogens with two attached hydrogens (primary N) is 1. The molecule has 0 spiro atoms. The van der Waals surface area contributed by atoms with E-state index in [1.54, 1.807) is 6.92 Å². The van der Waals surface area contributed by atoms with E-state index in [4.69, 9.17) is 10.8 Å². The zero-order chi connectivity index (χ0) is 17.9. The molecular formula is C15H14N4O5. The van der Waals surface area contributed by atoms with Gasteiger partial charge in [-0.1, -0.05) is 6.07 Å². The Kier molecular flexibility index (Phi) is 4.73. The van der Waals surface area contributed by atoms with Crippen LogP contribution in [0.15, 0.2) is 30.3 Å².